The largest absolute Gasteiger partial charge is 0.507 e. The predicted octanol–water partition coefficient (Wildman–Crippen LogP) is 4.25. The van der Waals surface area contributed by atoms with Crippen molar-refractivity contribution in [1.82, 2.24) is 9.88 Å². The van der Waals surface area contributed by atoms with Gasteiger partial charge in [-0.25, -0.2) is 0 Å². The Hall–Kier alpha value is -3.74. The van der Waals surface area contributed by atoms with Gasteiger partial charge in [0.05, 0.1) is 18.7 Å². The Kier molecular flexibility index (Phi) is 4.89. The average Bonchev–Trinajstić information content (AvgIpc) is 3.52. The van der Waals surface area contributed by atoms with Gasteiger partial charge >= 0.3 is 0 Å². The minimum Gasteiger partial charge on any atom is -0.507 e. The number of hydrogen-bond donors (Lipinski definition) is 3. The molecule has 7 nitrogen and oxygen atoms in total. The summed E-state index contributed by atoms with van der Waals surface area (Å²) < 4.78 is 5.15. The van der Waals surface area contributed by atoms with Crippen LogP contribution >= 0.6 is 0 Å². The molecule has 32 heavy (non-hydrogen) atoms. The van der Waals surface area contributed by atoms with Gasteiger partial charge in [0.2, 0.25) is 0 Å². The third kappa shape index (κ3) is 3.04. The lowest BCUT2D eigenvalue weighted by atomic mass is 9.94. The number of Topliss-reactive ketones (excluding diaryl/α,β-unsaturated/α-hetero) is 1. The molecule has 2 aromatic carbocycles. The van der Waals surface area contributed by atoms with Crippen LogP contribution in [0.15, 0.2) is 54.2 Å². The van der Waals surface area contributed by atoms with E-state index in [0.717, 1.165) is 36.6 Å². The summed E-state index contributed by atoms with van der Waals surface area (Å²) in [6, 6.07) is 11.4. The number of methoxy groups -OCH3 is 1. The second-order valence-electron chi connectivity index (χ2n) is 8.32. The van der Waals surface area contributed by atoms with Crippen molar-refractivity contribution in [3.63, 3.8) is 0 Å². The first-order chi connectivity index (χ1) is 15.5. The number of para-hydroxylation sites is 1. The standard InChI is InChI=1S/C25H24N2O5/c1-32-20-11-10-14(12-19(20)28)22-21(24(30)25(31)27(22)15-6-2-3-7-15)23(29)17-13-26-18-9-5-4-8-16(17)18/h4-5,8-13,15,22,26,28-29H,2-3,6-7H2,1H3/b23-21-. The number of aliphatic hydroxyl groups excluding tert-OH is 1. The number of ketones is 1. The van der Waals surface area contributed by atoms with Crippen LogP contribution in [0, 0.1) is 0 Å². The lowest BCUT2D eigenvalue weighted by Crippen LogP contribution is -2.37. The number of amides is 1. The van der Waals surface area contributed by atoms with Crippen LogP contribution in [0.1, 0.15) is 42.9 Å². The number of aromatic hydroxyl groups is 1. The van der Waals surface area contributed by atoms with E-state index in [1.165, 1.54) is 13.2 Å². The van der Waals surface area contributed by atoms with Crippen molar-refractivity contribution in [2.24, 2.45) is 0 Å². The summed E-state index contributed by atoms with van der Waals surface area (Å²) in [6.45, 7) is 0. The van der Waals surface area contributed by atoms with Crippen LogP contribution in [0.3, 0.4) is 0 Å². The van der Waals surface area contributed by atoms with Crippen LogP contribution < -0.4 is 4.74 Å². The third-order valence-corrected chi connectivity index (χ3v) is 6.56. The number of fused-ring (bicyclic) bond motifs is 1. The van der Waals surface area contributed by atoms with Gasteiger partial charge < -0.3 is 24.8 Å². The van der Waals surface area contributed by atoms with Gasteiger partial charge in [0.15, 0.2) is 11.5 Å². The monoisotopic (exact) mass is 432 g/mol. The lowest BCUT2D eigenvalue weighted by Gasteiger charge is -2.31. The number of benzene rings is 2. The number of phenolic OH excluding ortho intramolecular Hbond substituents is 1. The van der Waals surface area contributed by atoms with E-state index in [9.17, 15) is 19.8 Å². The van der Waals surface area contributed by atoms with Gasteiger partial charge in [-0.3, -0.25) is 9.59 Å². The summed E-state index contributed by atoms with van der Waals surface area (Å²) in [6.07, 6.45) is 5.22. The van der Waals surface area contributed by atoms with Crippen molar-refractivity contribution < 1.29 is 24.5 Å². The fraction of sp³-hybridized carbons (Fsp3) is 0.280. The maximum absolute atomic E-state index is 13.2. The number of likely N-dealkylation sites (tertiary alicyclic amines) is 1. The number of hydrogen-bond acceptors (Lipinski definition) is 5. The Labute approximate surface area is 184 Å². The molecule has 1 saturated heterocycles. The van der Waals surface area contributed by atoms with Crippen molar-refractivity contribution in [2.45, 2.75) is 37.8 Å². The Balaban J connectivity index is 1.72. The molecule has 2 heterocycles. The number of carbonyl (C=O) groups is 2. The molecule has 1 unspecified atom stereocenters. The Morgan fingerprint density at radius 1 is 1.12 bits per heavy atom. The zero-order valence-corrected chi connectivity index (χ0v) is 17.7. The number of aromatic nitrogens is 1. The normalized spacial score (nSPS) is 21.0. The predicted molar refractivity (Wildman–Crippen MR) is 119 cm³/mol. The summed E-state index contributed by atoms with van der Waals surface area (Å²) in [5.74, 6) is -1.34. The van der Waals surface area contributed by atoms with E-state index in [2.05, 4.69) is 4.98 Å². The highest BCUT2D eigenvalue weighted by molar-refractivity contribution is 6.46. The van der Waals surface area contributed by atoms with Crippen LogP contribution in [0.5, 0.6) is 11.5 Å². The highest BCUT2D eigenvalue weighted by Crippen LogP contribution is 2.45. The fourth-order valence-corrected chi connectivity index (χ4v) is 5.03. The SMILES string of the molecule is COc1ccc(C2/C(=C(/O)c3c[nH]c4ccccc34)C(=O)C(=O)N2C2CCCC2)cc1O. The van der Waals surface area contributed by atoms with Crippen LogP contribution in [0.4, 0.5) is 0 Å². The molecule has 1 aliphatic heterocycles. The van der Waals surface area contributed by atoms with E-state index in [-0.39, 0.29) is 23.1 Å². The first-order valence-corrected chi connectivity index (χ1v) is 10.7. The Bertz CT molecular complexity index is 1250. The van der Waals surface area contributed by atoms with Gasteiger partial charge in [-0.05, 0) is 36.6 Å². The van der Waals surface area contributed by atoms with Crippen molar-refractivity contribution in [1.29, 1.82) is 0 Å². The fourth-order valence-electron chi connectivity index (χ4n) is 5.03. The number of rotatable bonds is 4. The molecule has 1 aromatic heterocycles. The van der Waals surface area contributed by atoms with Gasteiger partial charge in [-0.1, -0.05) is 37.1 Å². The molecule has 7 heteroatoms. The van der Waals surface area contributed by atoms with Crippen LogP contribution in [-0.4, -0.2) is 44.9 Å². The smallest absolute Gasteiger partial charge is 0.295 e. The number of H-pyrrole nitrogens is 1. The number of nitrogens with zero attached hydrogens (tertiary/aromatic N) is 1. The van der Waals surface area contributed by atoms with Gasteiger partial charge in [-0.2, -0.15) is 0 Å². The van der Waals surface area contributed by atoms with E-state index in [1.807, 2.05) is 24.3 Å². The molecule has 1 atom stereocenters. The summed E-state index contributed by atoms with van der Waals surface area (Å²) in [5, 5.41) is 22.5. The van der Waals surface area contributed by atoms with Crippen LogP contribution in [0.2, 0.25) is 0 Å². The molecule has 0 bridgehead atoms. The molecular formula is C25H24N2O5. The summed E-state index contributed by atoms with van der Waals surface area (Å²) in [5.41, 5.74) is 1.87. The Morgan fingerprint density at radius 2 is 1.88 bits per heavy atom. The number of carbonyl (C=O) groups excluding carboxylic acids is 2. The van der Waals surface area contributed by atoms with E-state index >= 15 is 0 Å². The van der Waals surface area contributed by atoms with Gasteiger partial charge in [0, 0.05) is 28.7 Å². The first-order valence-electron chi connectivity index (χ1n) is 10.7. The molecule has 0 spiro atoms. The summed E-state index contributed by atoms with van der Waals surface area (Å²) in [4.78, 5) is 31.1. The topological polar surface area (TPSA) is 103 Å². The maximum atomic E-state index is 13.2. The first kappa shape index (κ1) is 20.2. The van der Waals surface area contributed by atoms with E-state index in [4.69, 9.17) is 4.74 Å². The molecular weight excluding hydrogens is 408 g/mol. The quantitative estimate of drug-likeness (QED) is 0.325. The highest BCUT2D eigenvalue weighted by Gasteiger charge is 2.49. The minimum atomic E-state index is -0.788. The molecule has 1 aliphatic carbocycles. The minimum absolute atomic E-state index is 0.0382. The van der Waals surface area contributed by atoms with Gasteiger partial charge in [0.25, 0.3) is 11.7 Å². The molecule has 2 fully saturated rings. The van der Waals surface area contributed by atoms with E-state index in [0.29, 0.717) is 16.9 Å². The molecule has 5 rings (SSSR count). The van der Waals surface area contributed by atoms with Crippen molar-refractivity contribution in [3.8, 4) is 11.5 Å². The van der Waals surface area contributed by atoms with Gasteiger partial charge in [0.1, 0.15) is 5.76 Å². The number of aliphatic hydroxyl groups is 1. The second kappa shape index (κ2) is 7.75. The lowest BCUT2D eigenvalue weighted by molar-refractivity contribution is -0.141. The maximum Gasteiger partial charge on any atom is 0.295 e. The number of ether oxygens (including phenoxy) is 1. The molecule has 164 valence electrons. The Morgan fingerprint density at radius 3 is 2.59 bits per heavy atom. The zero-order valence-electron chi connectivity index (χ0n) is 17.7. The highest BCUT2D eigenvalue weighted by atomic mass is 16.5. The summed E-state index contributed by atoms with van der Waals surface area (Å²) >= 11 is 0. The van der Waals surface area contributed by atoms with Crippen molar-refractivity contribution >= 4 is 28.4 Å². The molecule has 2 aliphatic rings. The number of nitrogens with one attached hydrogen (secondary N) is 1. The van der Waals surface area contributed by atoms with Crippen LogP contribution in [0.25, 0.3) is 16.7 Å². The van der Waals surface area contributed by atoms with E-state index < -0.39 is 17.7 Å². The molecule has 3 N–H and O–H groups in total. The third-order valence-electron chi connectivity index (χ3n) is 6.56. The number of phenols is 1. The molecule has 3 aromatic rings. The van der Waals surface area contributed by atoms with Crippen molar-refractivity contribution in [3.05, 3.63) is 65.4 Å². The van der Waals surface area contributed by atoms with Crippen LogP contribution in [-0.2, 0) is 9.59 Å². The van der Waals surface area contributed by atoms with Crippen molar-refractivity contribution in [2.75, 3.05) is 7.11 Å². The second-order valence-corrected chi connectivity index (χ2v) is 8.32. The van der Waals surface area contributed by atoms with Gasteiger partial charge in [-0.15, -0.1) is 0 Å². The zero-order chi connectivity index (χ0) is 22.4. The average molecular weight is 432 g/mol. The van der Waals surface area contributed by atoms with E-state index in [1.54, 1.807) is 23.2 Å². The molecule has 1 saturated carbocycles. The summed E-state index contributed by atoms with van der Waals surface area (Å²) in [7, 11) is 1.45. The molecule has 1 amide bonds. The molecule has 0 radical (unpaired) electrons. The number of aromatic amines is 1.